The zero-order chi connectivity index (χ0) is 17.0. The van der Waals surface area contributed by atoms with Crippen LogP contribution < -0.4 is 16.0 Å². The highest BCUT2D eigenvalue weighted by Crippen LogP contribution is 2.07. The summed E-state index contributed by atoms with van der Waals surface area (Å²) in [5, 5.41) is 9.03. The molecule has 0 spiro atoms. The Morgan fingerprint density at radius 3 is 2.27 bits per heavy atom. The smallest absolute Gasteiger partial charge is 0.216 e. The maximum Gasteiger partial charge on any atom is 0.216 e. The lowest BCUT2D eigenvalue weighted by Gasteiger charge is -2.23. The standard InChI is InChI=1S/C15H28BrN3O3/c1-4-12(15(22)10-17-3)19-13(14(21)9-16)7-5-6-8-18-11(2)20/h12-13,17,19H,4-10H2,1-3H3,(H,18,20)/t12-,13?/m0/s1. The van der Waals surface area contributed by atoms with E-state index in [1.165, 1.54) is 6.92 Å². The number of halogens is 1. The molecule has 128 valence electrons. The number of hydrogen-bond donors (Lipinski definition) is 3. The Kier molecular flexibility index (Phi) is 12.3. The van der Waals surface area contributed by atoms with Crippen molar-refractivity contribution in [3.63, 3.8) is 0 Å². The third-order valence-electron chi connectivity index (χ3n) is 3.36. The molecule has 0 radical (unpaired) electrons. The highest BCUT2D eigenvalue weighted by molar-refractivity contribution is 9.09. The van der Waals surface area contributed by atoms with Crippen molar-refractivity contribution in [2.24, 2.45) is 0 Å². The molecule has 1 amide bonds. The van der Waals surface area contributed by atoms with Gasteiger partial charge in [0.2, 0.25) is 5.91 Å². The molecule has 6 nitrogen and oxygen atoms in total. The van der Waals surface area contributed by atoms with Gasteiger partial charge in [-0.3, -0.25) is 19.7 Å². The summed E-state index contributed by atoms with van der Waals surface area (Å²) in [6.45, 7) is 4.32. The van der Waals surface area contributed by atoms with Crippen LogP contribution in [0.25, 0.3) is 0 Å². The van der Waals surface area contributed by atoms with E-state index < -0.39 is 0 Å². The monoisotopic (exact) mass is 377 g/mol. The number of Topliss-reactive ketones (excluding diaryl/α,β-unsaturated/α-hetero) is 2. The average Bonchev–Trinajstić information content (AvgIpc) is 2.49. The van der Waals surface area contributed by atoms with Crippen molar-refractivity contribution in [1.29, 1.82) is 0 Å². The molecule has 0 aliphatic heterocycles. The molecule has 0 heterocycles. The number of carbonyl (C=O) groups is 3. The number of alkyl halides is 1. The molecule has 0 bridgehead atoms. The number of amides is 1. The van der Waals surface area contributed by atoms with Crippen LogP contribution in [0.5, 0.6) is 0 Å². The zero-order valence-electron chi connectivity index (χ0n) is 13.7. The summed E-state index contributed by atoms with van der Waals surface area (Å²) in [6, 6.07) is -0.641. The predicted octanol–water partition coefficient (Wildman–Crippen LogP) is 0.782. The normalized spacial score (nSPS) is 13.5. The molecule has 0 aromatic carbocycles. The SMILES string of the molecule is CC[C@H](NC(CCCCNC(C)=O)C(=O)CBr)C(=O)CNC. The number of nitrogens with one attached hydrogen (secondary N) is 3. The van der Waals surface area contributed by atoms with Crippen molar-refractivity contribution >= 4 is 33.4 Å². The second-order valence-corrected chi connectivity index (χ2v) is 5.82. The molecule has 0 aromatic rings. The fourth-order valence-electron chi connectivity index (χ4n) is 2.15. The summed E-state index contributed by atoms with van der Waals surface area (Å²) >= 11 is 3.19. The van der Waals surface area contributed by atoms with Crippen LogP contribution in [0.4, 0.5) is 0 Å². The fourth-order valence-corrected chi connectivity index (χ4v) is 2.54. The lowest BCUT2D eigenvalue weighted by Crippen LogP contribution is -2.49. The van der Waals surface area contributed by atoms with Crippen LogP contribution >= 0.6 is 15.9 Å². The lowest BCUT2D eigenvalue weighted by molar-refractivity contribution is -0.122. The lowest BCUT2D eigenvalue weighted by atomic mass is 10.0. The van der Waals surface area contributed by atoms with E-state index in [1.807, 2.05) is 6.92 Å². The number of rotatable bonds is 13. The Hall–Kier alpha value is -0.790. The molecule has 7 heteroatoms. The summed E-state index contributed by atoms with van der Waals surface area (Å²) in [4.78, 5) is 34.8. The summed E-state index contributed by atoms with van der Waals surface area (Å²) in [5.41, 5.74) is 0. The molecule has 0 saturated carbocycles. The quantitative estimate of drug-likeness (QED) is 0.326. The van der Waals surface area contributed by atoms with Gasteiger partial charge in [-0.15, -0.1) is 0 Å². The van der Waals surface area contributed by atoms with Gasteiger partial charge in [0.15, 0.2) is 11.6 Å². The van der Waals surface area contributed by atoms with Gasteiger partial charge in [0, 0.05) is 13.5 Å². The highest BCUT2D eigenvalue weighted by Gasteiger charge is 2.23. The van der Waals surface area contributed by atoms with Crippen LogP contribution in [0.1, 0.15) is 39.5 Å². The number of likely N-dealkylation sites (N-methyl/N-ethyl adjacent to an activating group) is 1. The third-order valence-corrected chi connectivity index (χ3v) is 3.92. The molecule has 0 aromatic heterocycles. The topological polar surface area (TPSA) is 87.3 Å². The molecular formula is C15H28BrN3O3. The first-order valence-electron chi connectivity index (χ1n) is 7.72. The van der Waals surface area contributed by atoms with E-state index in [4.69, 9.17) is 0 Å². The van der Waals surface area contributed by atoms with Crippen molar-refractivity contribution in [1.82, 2.24) is 16.0 Å². The average molecular weight is 378 g/mol. The maximum absolute atomic E-state index is 12.0. The first-order chi connectivity index (χ1) is 10.5. The fraction of sp³-hybridized carbons (Fsp3) is 0.800. The Labute approximate surface area is 141 Å². The first kappa shape index (κ1) is 21.2. The van der Waals surface area contributed by atoms with Gasteiger partial charge in [0.1, 0.15) is 0 Å². The summed E-state index contributed by atoms with van der Waals surface area (Å²) in [7, 11) is 1.73. The minimum absolute atomic E-state index is 0.0464. The van der Waals surface area contributed by atoms with Crippen molar-refractivity contribution in [2.75, 3.05) is 25.5 Å². The molecule has 2 atom stereocenters. The van der Waals surface area contributed by atoms with Crippen LogP contribution in [0, 0.1) is 0 Å². The Bertz CT molecular complexity index is 364. The van der Waals surface area contributed by atoms with E-state index in [9.17, 15) is 14.4 Å². The van der Waals surface area contributed by atoms with Gasteiger partial charge in [-0.05, 0) is 32.7 Å². The molecule has 0 saturated heterocycles. The number of carbonyl (C=O) groups excluding carboxylic acids is 3. The largest absolute Gasteiger partial charge is 0.356 e. The van der Waals surface area contributed by atoms with Crippen molar-refractivity contribution < 1.29 is 14.4 Å². The molecule has 0 aliphatic rings. The van der Waals surface area contributed by atoms with Crippen LogP contribution in [-0.4, -0.2) is 55.0 Å². The van der Waals surface area contributed by atoms with Gasteiger partial charge >= 0.3 is 0 Å². The molecule has 0 rings (SSSR count). The molecule has 0 fully saturated rings. The van der Waals surface area contributed by atoms with Crippen molar-refractivity contribution in [3.8, 4) is 0 Å². The van der Waals surface area contributed by atoms with Crippen LogP contribution in [0.3, 0.4) is 0 Å². The van der Waals surface area contributed by atoms with Crippen molar-refractivity contribution in [2.45, 2.75) is 51.6 Å². The van der Waals surface area contributed by atoms with Crippen LogP contribution in [0.15, 0.2) is 0 Å². The van der Waals surface area contributed by atoms with Gasteiger partial charge in [-0.25, -0.2) is 0 Å². The van der Waals surface area contributed by atoms with Gasteiger partial charge in [0.25, 0.3) is 0 Å². The first-order valence-corrected chi connectivity index (χ1v) is 8.84. The Morgan fingerprint density at radius 2 is 1.77 bits per heavy atom. The summed E-state index contributed by atoms with van der Waals surface area (Å²) in [6.07, 6.45) is 2.94. The molecule has 22 heavy (non-hydrogen) atoms. The van der Waals surface area contributed by atoms with Gasteiger partial charge in [-0.1, -0.05) is 22.9 Å². The Morgan fingerprint density at radius 1 is 1.09 bits per heavy atom. The molecule has 0 aliphatic carbocycles. The van der Waals surface area contributed by atoms with Gasteiger partial charge in [-0.2, -0.15) is 0 Å². The van der Waals surface area contributed by atoms with Gasteiger partial charge in [0.05, 0.1) is 24.0 Å². The molecule has 1 unspecified atom stereocenters. The molecule has 3 N–H and O–H groups in total. The second kappa shape index (κ2) is 12.7. The molecular weight excluding hydrogens is 350 g/mol. The second-order valence-electron chi connectivity index (χ2n) is 5.26. The number of hydrogen-bond acceptors (Lipinski definition) is 5. The highest BCUT2D eigenvalue weighted by atomic mass is 79.9. The number of unbranched alkanes of at least 4 members (excludes halogenated alkanes) is 1. The van der Waals surface area contributed by atoms with E-state index in [-0.39, 0.29) is 34.9 Å². The minimum Gasteiger partial charge on any atom is -0.356 e. The van der Waals surface area contributed by atoms with E-state index in [1.54, 1.807) is 7.05 Å². The van der Waals surface area contributed by atoms with E-state index in [0.29, 0.717) is 25.9 Å². The number of ketones is 2. The van der Waals surface area contributed by atoms with Crippen LogP contribution in [0.2, 0.25) is 0 Å². The van der Waals surface area contributed by atoms with E-state index in [2.05, 4.69) is 31.9 Å². The third kappa shape index (κ3) is 9.27. The Balaban J connectivity index is 4.40. The maximum atomic E-state index is 12.0. The van der Waals surface area contributed by atoms with E-state index in [0.717, 1.165) is 12.8 Å². The van der Waals surface area contributed by atoms with Gasteiger partial charge < -0.3 is 10.6 Å². The zero-order valence-corrected chi connectivity index (χ0v) is 15.3. The minimum atomic E-state index is -0.331. The van der Waals surface area contributed by atoms with Crippen molar-refractivity contribution in [3.05, 3.63) is 0 Å². The van der Waals surface area contributed by atoms with E-state index >= 15 is 0 Å². The van der Waals surface area contributed by atoms with Crippen LogP contribution in [-0.2, 0) is 14.4 Å². The summed E-state index contributed by atoms with van der Waals surface area (Å²) < 4.78 is 0. The summed E-state index contributed by atoms with van der Waals surface area (Å²) in [5.74, 6) is 0.0702. The predicted molar refractivity (Wildman–Crippen MR) is 91.3 cm³/mol.